The Labute approximate surface area is 807 Å². The minimum absolute atomic E-state index is 0. The third kappa shape index (κ3) is 40.8. The predicted octanol–water partition coefficient (Wildman–Crippen LogP) is 21.6. The van der Waals surface area contributed by atoms with E-state index in [0.29, 0.717) is 117 Å². The summed E-state index contributed by atoms with van der Waals surface area (Å²) in [5, 5.41) is 19.5. The van der Waals surface area contributed by atoms with E-state index in [-0.39, 0.29) is 112 Å². The minimum Gasteiger partial charge on any atom is -0.458 e. The number of carbonyl (C=O) groups excluding carboxylic acids is 3. The van der Waals surface area contributed by atoms with E-state index in [1.165, 1.54) is 55.0 Å². The summed E-state index contributed by atoms with van der Waals surface area (Å²) in [6.45, 7) is 31.5. The maximum Gasteiger partial charge on any atom is 0.534 e. The number of fused-ring (bicyclic) bond motifs is 1. The van der Waals surface area contributed by atoms with E-state index in [2.05, 4.69) is 112 Å². The molecule has 1 radical (unpaired) electrons. The molecule has 131 heavy (non-hydrogen) atoms. The van der Waals surface area contributed by atoms with E-state index >= 15 is 0 Å². The second kappa shape index (κ2) is 62.0. The summed E-state index contributed by atoms with van der Waals surface area (Å²) in [4.78, 5) is 33.5. The van der Waals surface area contributed by atoms with Crippen molar-refractivity contribution in [2.45, 2.75) is 184 Å². The average Bonchev–Trinajstić information content (AvgIpc) is 1.61. The molecular formula is C107H141F3O18PSY-. The Bertz CT molecular complexity index is 4450. The van der Waals surface area contributed by atoms with Gasteiger partial charge in [-0.05, 0) is 125 Å². The molecule has 0 bridgehead atoms. The van der Waals surface area contributed by atoms with E-state index in [1.807, 2.05) is 209 Å². The van der Waals surface area contributed by atoms with Gasteiger partial charge >= 0.3 is 27.6 Å². The largest absolute Gasteiger partial charge is 0.534 e. The van der Waals surface area contributed by atoms with Crippen molar-refractivity contribution in [1.82, 2.24) is 0 Å². The fraction of sp³-hybridized carbons (Fsp3) is 0.458. The van der Waals surface area contributed by atoms with Crippen LogP contribution in [0.3, 0.4) is 0 Å². The van der Waals surface area contributed by atoms with Crippen LogP contribution in [0.25, 0.3) is 0 Å². The number of hydrogen-bond donors (Lipinski definition) is 2. The van der Waals surface area contributed by atoms with Crippen molar-refractivity contribution in [2.75, 3.05) is 52.9 Å². The monoisotopic (exact) mass is 1920 g/mol. The molecule has 20 atom stereocenters. The first-order valence-electron chi connectivity index (χ1n) is 45.5. The zero-order valence-electron chi connectivity index (χ0n) is 79.5. The molecule has 1 aliphatic heterocycles. The summed E-state index contributed by atoms with van der Waals surface area (Å²) in [7, 11) is -5.31. The molecule has 8 aliphatic rings. The van der Waals surface area contributed by atoms with Gasteiger partial charge in [0.1, 0.15) is 18.0 Å². The zero-order chi connectivity index (χ0) is 94.2. The minimum atomic E-state index is -5.64. The summed E-state index contributed by atoms with van der Waals surface area (Å²) in [5.74, 6) is 2.91. The number of halogens is 3. The molecule has 1 heterocycles. The van der Waals surface area contributed by atoms with Gasteiger partial charge in [0.25, 0.3) is 0 Å². The maximum atomic E-state index is 12.4. The van der Waals surface area contributed by atoms with Crippen LogP contribution in [0.5, 0.6) is 0 Å². The summed E-state index contributed by atoms with van der Waals surface area (Å²) in [6, 6.07) is 70.0. The van der Waals surface area contributed by atoms with Gasteiger partial charge in [-0.3, -0.25) is 14.4 Å². The Hall–Kier alpha value is -7.74. The zero-order valence-corrected chi connectivity index (χ0v) is 83.2. The van der Waals surface area contributed by atoms with Crippen molar-refractivity contribution in [3.63, 3.8) is 0 Å². The summed E-state index contributed by atoms with van der Waals surface area (Å²) < 4.78 is 126. The second-order valence-electron chi connectivity index (χ2n) is 33.4. The Morgan fingerprint density at radius 2 is 0.756 bits per heavy atom. The van der Waals surface area contributed by atoms with Crippen LogP contribution in [-0.2, 0) is 155 Å². The van der Waals surface area contributed by atoms with Gasteiger partial charge in [0.15, 0.2) is 5.78 Å². The fourth-order valence-corrected chi connectivity index (χ4v) is 16.2. The maximum absolute atomic E-state index is 12.4. The van der Waals surface area contributed by atoms with Crippen molar-refractivity contribution < 1.29 is 130 Å². The van der Waals surface area contributed by atoms with E-state index in [4.69, 9.17) is 48.6 Å². The first-order chi connectivity index (χ1) is 62.6. The van der Waals surface area contributed by atoms with Crippen molar-refractivity contribution in [3.05, 3.63) is 331 Å². The number of rotatable bonds is 32. The second-order valence-corrected chi connectivity index (χ2v) is 35.0. The number of aliphatic hydroxyl groups is 2. The van der Waals surface area contributed by atoms with Gasteiger partial charge in [0, 0.05) is 76.1 Å². The molecule has 7 aliphatic carbocycles. The smallest absolute Gasteiger partial charge is 0.458 e. The molecule has 0 amide bonds. The number of alkyl halides is 3. The molecule has 713 valence electrons. The van der Waals surface area contributed by atoms with Crippen molar-refractivity contribution in [3.8, 4) is 0 Å². The van der Waals surface area contributed by atoms with Gasteiger partial charge in [-0.1, -0.05) is 316 Å². The first-order valence-corrected chi connectivity index (χ1v) is 47.4. The summed E-state index contributed by atoms with van der Waals surface area (Å²) in [6.07, 6.45) is 21.1. The first kappa shape index (κ1) is 112. The SMILES string of the molecule is CC.CC(=O)O[C@@H]1C=C[C@H](C)[C@H]1COCc1ccccc1.CC(=O)O[C@@H]1C=C[C@H](O)[C@H]1COCc1ccccc1.CC1=CC[C@H](C)[C@H]1COCc1ccccc1.C[C@H]1C=CC(=O)[C@@H]1COCc1ccccc1.C[C@H]1C=C[C@@H](O)[C@@H]1COCc1ccccc1.C[C@H]1CC=C(OS(=O)(=O)C(F)(F)F)[C@@H]1COCc1ccccc1.C[C@H]1C[C@H]2O[C@H]2[C@@H]1COCc1ccccc1.[2H]PC.[CH3-].[Y]. The number of ketones is 1. The van der Waals surface area contributed by atoms with E-state index in [1.54, 1.807) is 18.2 Å². The van der Waals surface area contributed by atoms with E-state index in [0.717, 1.165) is 60.5 Å². The van der Waals surface area contributed by atoms with Crippen LogP contribution in [0.15, 0.2) is 284 Å². The van der Waals surface area contributed by atoms with Gasteiger partial charge < -0.3 is 69.2 Å². The molecule has 24 heteroatoms. The van der Waals surface area contributed by atoms with Crippen molar-refractivity contribution in [2.24, 2.45) is 76.9 Å². The van der Waals surface area contributed by atoms with Gasteiger partial charge in [-0.15, -0.1) is 9.18 Å². The summed E-state index contributed by atoms with van der Waals surface area (Å²) in [5.41, 5.74) is 4.06. The van der Waals surface area contributed by atoms with E-state index < -0.39 is 33.8 Å². The number of epoxide rings is 1. The van der Waals surface area contributed by atoms with Crippen LogP contribution in [0.2, 0.25) is 0 Å². The van der Waals surface area contributed by atoms with Crippen LogP contribution in [-0.4, -0.2) is 133 Å². The Balaban J connectivity index is 0.000000270. The number of aliphatic hydroxyl groups excluding tert-OH is 2. The van der Waals surface area contributed by atoms with Crippen LogP contribution < -0.4 is 0 Å². The normalized spacial score (nSPS) is 25.3. The molecule has 2 N–H and O–H groups in total. The third-order valence-corrected chi connectivity index (χ3v) is 24.5. The molecule has 15 rings (SSSR count). The van der Waals surface area contributed by atoms with Gasteiger partial charge in [0.2, 0.25) is 0 Å². The number of hydrogen-bond acceptors (Lipinski definition) is 18. The molecule has 2 fully saturated rings. The Morgan fingerprint density at radius 1 is 0.443 bits per heavy atom. The third-order valence-electron chi connectivity index (χ3n) is 23.6. The molecule has 1 unspecified atom stereocenters. The molecule has 18 nitrogen and oxygen atoms in total. The van der Waals surface area contributed by atoms with Gasteiger partial charge in [-0.25, -0.2) is 0 Å². The molecular weight excluding hydrogens is 1780 g/mol. The number of benzene rings is 7. The van der Waals surface area contributed by atoms with Crippen LogP contribution >= 0.6 is 9.18 Å². The van der Waals surface area contributed by atoms with Crippen LogP contribution in [0, 0.1) is 84.4 Å². The van der Waals surface area contributed by atoms with Gasteiger partial charge in [0.05, 0.1) is 130 Å². The fourth-order valence-electron chi connectivity index (χ4n) is 15.7. The Morgan fingerprint density at radius 3 is 1.10 bits per heavy atom. The Kier molecular flexibility index (Phi) is 53.0. The topological polar surface area (TPSA) is 231 Å². The number of ether oxygens (including phenoxy) is 10. The molecule has 0 spiro atoms. The summed E-state index contributed by atoms with van der Waals surface area (Å²) >= 11 is 0. The molecule has 1 saturated carbocycles. The van der Waals surface area contributed by atoms with E-state index in [9.17, 15) is 46.2 Å². The molecule has 7 aromatic rings. The molecule has 7 aromatic carbocycles. The number of allylic oxidation sites excluding steroid dienone is 6. The standard InChI is InChI=1S/C16H20O3.C15H17F3O4S.C15H18O4.C15H20O.2C14H18O2.C14H16O2.C2H6.CH5P.CH3.Y/c1-12-8-9-16(19-13(2)17)15(12)11-18-10-14-6-4-3-5-7-14;1-11-7-8-14(22-23(19,20)15(16,17)18)13(11)10-21-9-12-5-3-2-4-6-12;1-11(16)19-15-8-7-14(17)13(15)10-18-9-12-5-3-2-4-6-12;1-12-8-9-13(2)15(12)11-16-10-14-6-4-3-5-7-14;1-10-7-13-14(16-13)12(10)9-15-8-11-5-3-2-4-6-11;2*1-11-7-8-14(15)13(11)10-16-9-12-5-3-2-4-6-12;2*1-2;;/h3-9,12,15-16H,10-11H2,1-2H3;2-6,8,11,13H,7,9-10H2,1H3;2-8,13-15,17H,9-10H2,1H3;3-8,13,15H,9-11H2,1-2H3;2-6,10,12-14H,7-9H2,1H3;2-8,11,13-15H,9-10H2,1H3;2-8,11,13H,9-10H2,1H3;1-2H3;2H2,1H3;1H3;/q;;;;;;;;;-1;/t12-,15+,16+;11-,13+;13-,14+,15-;13-,15-;10-,12+,13+,14-;11-,13+,14+;11-,13+;;;;/m0010000..../s1/i;;;;;;;;2D;;. The van der Waals surface area contributed by atoms with Crippen LogP contribution in [0.4, 0.5) is 13.2 Å². The quantitative estimate of drug-likeness (QED) is 0.00759. The van der Waals surface area contributed by atoms with Crippen molar-refractivity contribution in [1.29, 1.82) is 1.28 Å². The van der Waals surface area contributed by atoms with Crippen molar-refractivity contribution >= 4 is 37.0 Å². The van der Waals surface area contributed by atoms with Gasteiger partial charge in [-0.2, -0.15) is 21.6 Å². The average molecular weight is 1930 g/mol. The molecule has 1 saturated heterocycles. The number of carbonyl (C=O) groups is 3. The van der Waals surface area contributed by atoms with Crippen LogP contribution in [0.1, 0.15) is 134 Å². The molecule has 0 aromatic heterocycles. The number of esters is 2. The predicted molar refractivity (Wildman–Crippen MR) is 511 cm³/mol.